The maximum absolute atomic E-state index is 12.8. The number of ether oxygens (including phenoxy) is 3. The van der Waals surface area contributed by atoms with Crippen molar-refractivity contribution in [2.75, 3.05) is 32.9 Å². The normalized spacial score (nSPS) is 14.6. The summed E-state index contributed by atoms with van der Waals surface area (Å²) in [6.45, 7) is 1.63. The zero-order valence-electron chi connectivity index (χ0n) is 21.9. The Morgan fingerprint density at radius 2 is 1.50 bits per heavy atom. The van der Waals surface area contributed by atoms with Crippen molar-refractivity contribution in [3.63, 3.8) is 0 Å². The van der Waals surface area contributed by atoms with Crippen LogP contribution in [0.2, 0.25) is 0 Å². The number of hydrogen-bond donors (Lipinski definition) is 2. The summed E-state index contributed by atoms with van der Waals surface area (Å²) in [5.41, 5.74) is 1.42. The molecule has 1 unspecified atom stereocenters. The van der Waals surface area contributed by atoms with Crippen LogP contribution in [0.1, 0.15) is 22.3 Å². The zero-order chi connectivity index (χ0) is 28.2. The standard InChI is InChI=1S/C30H31N3O6S/c34-27(39-18-15-22-7-3-1-4-8-22)21-26-29(36)31-16-17-33(26)30(40)32-28(35)23-11-13-25(14-12-23)38-20-19-37-24-9-5-2-6-10-24/h1-14,26H,15-21H2,(H,31,36)(H,32,35,40). The Hall–Kier alpha value is -4.44. The van der Waals surface area contributed by atoms with Crippen LogP contribution in [0.15, 0.2) is 84.9 Å². The summed E-state index contributed by atoms with van der Waals surface area (Å²) in [5, 5.41) is 5.48. The molecular weight excluding hydrogens is 530 g/mol. The second-order valence-electron chi connectivity index (χ2n) is 8.95. The van der Waals surface area contributed by atoms with Crippen molar-refractivity contribution >= 4 is 35.1 Å². The van der Waals surface area contributed by atoms with E-state index in [1.807, 2.05) is 60.7 Å². The van der Waals surface area contributed by atoms with Crippen LogP contribution in [0.4, 0.5) is 0 Å². The van der Waals surface area contributed by atoms with E-state index in [-0.39, 0.29) is 24.0 Å². The van der Waals surface area contributed by atoms with E-state index in [0.29, 0.717) is 44.0 Å². The summed E-state index contributed by atoms with van der Waals surface area (Å²) >= 11 is 5.44. The van der Waals surface area contributed by atoms with Gasteiger partial charge in [-0.15, -0.1) is 0 Å². The number of nitrogens with one attached hydrogen (secondary N) is 2. The van der Waals surface area contributed by atoms with E-state index in [4.69, 9.17) is 26.4 Å². The fourth-order valence-corrected chi connectivity index (χ4v) is 4.40. The topological polar surface area (TPSA) is 106 Å². The molecule has 4 rings (SSSR count). The summed E-state index contributed by atoms with van der Waals surface area (Å²) in [5.74, 6) is 0.0680. The van der Waals surface area contributed by atoms with Crippen molar-refractivity contribution < 1.29 is 28.6 Å². The highest BCUT2D eigenvalue weighted by Crippen LogP contribution is 2.15. The number of nitrogens with zero attached hydrogens (tertiary/aromatic N) is 1. The van der Waals surface area contributed by atoms with Crippen LogP contribution in [0.25, 0.3) is 0 Å². The van der Waals surface area contributed by atoms with Crippen molar-refractivity contribution in [2.45, 2.75) is 18.9 Å². The number of carbonyl (C=O) groups excluding carboxylic acids is 3. The maximum atomic E-state index is 12.8. The van der Waals surface area contributed by atoms with Crippen LogP contribution in [0.5, 0.6) is 11.5 Å². The van der Waals surface area contributed by atoms with Crippen molar-refractivity contribution in [3.8, 4) is 11.5 Å². The molecule has 0 bridgehead atoms. The minimum absolute atomic E-state index is 0.0697. The van der Waals surface area contributed by atoms with E-state index < -0.39 is 17.9 Å². The fraction of sp³-hybridized carbons (Fsp3) is 0.267. The minimum Gasteiger partial charge on any atom is -0.490 e. The molecule has 40 heavy (non-hydrogen) atoms. The molecule has 1 aliphatic heterocycles. The van der Waals surface area contributed by atoms with Gasteiger partial charge in [0.15, 0.2) is 5.11 Å². The van der Waals surface area contributed by atoms with Crippen molar-refractivity contribution in [3.05, 3.63) is 96.1 Å². The predicted octanol–water partition coefficient (Wildman–Crippen LogP) is 3.14. The van der Waals surface area contributed by atoms with Crippen molar-refractivity contribution in [1.29, 1.82) is 0 Å². The molecule has 10 heteroatoms. The van der Waals surface area contributed by atoms with Gasteiger partial charge in [-0.3, -0.25) is 19.7 Å². The highest BCUT2D eigenvalue weighted by atomic mass is 32.1. The summed E-state index contributed by atoms with van der Waals surface area (Å²) in [6, 6.07) is 24.8. The van der Waals surface area contributed by atoms with E-state index >= 15 is 0 Å². The van der Waals surface area contributed by atoms with Gasteiger partial charge >= 0.3 is 5.97 Å². The molecule has 0 radical (unpaired) electrons. The second-order valence-corrected chi connectivity index (χ2v) is 9.34. The third-order valence-corrected chi connectivity index (χ3v) is 6.49. The van der Waals surface area contributed by atoms with Gasteiger partial charge in [-0.2, -0.15) is 0 Å². The molecule has 1 aliphatic rings. The van der Waals surface area contributed by atoms with Gasteiger partial charge in [0.25, 0.3) is 5.91 Å². The second kappa shape index (κ2) is 14.6. The summed E-state index contributed by atoms with van der Waals surface area (Å²) in [6.07, 6.45) is 0.392. The average molecular weight is 562 g/mol. The monoisotopic (exact) mass is 561 g/mol. The lowest BCUT2D eigenvalue weighted by atomic mass is 10.1. The van der Waals surface area contributed by atoms with Crippen LogP contribution in [-0.2, 0) is 20.7 Å². The molecule has 3 aromatic carbocycles. The van der Waals surface area contributed by atoms with Gasteiger partial charge in [0.2, 0.25) is 5.91 Å². The quantitative estimate of drug-likeness (QED) is 0.209. The first-order valence-corrected chi connectivity index (χ1v) is 13.4. The summed E-state index contributed by atoms with van der Waals surface area (Å²) in [7, 11) is 0. The smallest absolute Gasteiger partial charge is 0.308 e. The molecule has 2 N–H and O–H groups in total. The molecule has 1 fully saturated rings. The Morgan fingerprint density at radius 3 is 2.17 bits per heavy atom. The van der Waals surface area contributed by atoms with Crippen molar-refractivity contribution in [1.82, 2.24) is 15.5 Å². The lowest BCUT2D eigenvalue weighted by molar-refractivity contribution is -0.147. The Labute approximate surface area is 238 Å². The Bertz CT molecular complexity index is 1290. The number of amides is 2. The molecular formula is C30H31N3O6S. The Kier molecular flexibility index (Phi) is 10.5. The largest absolute Gasteiger partial charge is 0.490 e. The highest BCUT2D eigenvalue weighted by molar-refractivity contribution is 7.80. The Morgan fingerprint density at radius 1 is 0.875 bits per heavy atom. The lowest BCUT2D eigenvalue weighted by Gasteiger charge is -2.36. The van der Waals surface area contributed by atoms with E-state index in [9.17, 15) is 14.4 Å². The van der Waals surface area contributed by atoms with Crippen LogP contribution in [-0.4, -0.2) is 66.7 Å². The number of esters is 1. The van der Waals surface area contributed by atoms with Crippen LogP contribution < -0.4 is 20.1 Å². The van der Waals surface area contributed by atoms with Crippen LogP contribution >= 0.6 is 12.2 Å². The van der Waals surface area contributed by atoms with E-state index in [1.54, 1.807) is 29.2 Å². The molecule has 1 atom stereocenters. The van der Waals surface area contributed by atoms with Gasteiger partial charge in [-0.25, -0.2) is 0 Å². The van der Waals surface area contributed by atoms with Gasteiger partial charge < -0.3 is 24.4 Å². The maximum Gasteiger partial charge on any atom is 0.308 e. The van der Waals surface area contributed by atoms with Crippen LogP contribution in [0, 0.1) is 0 Å². The van der Waals surface area contributed by atoms with Gasteiger partial charge in [-0.1, -0.05) is 48.5 Å². The Balaban J connectivity index is 1.24. The highest BCUT2D eigenvalue weighted by Gasteiger charge is 2.34. The molecule has 3 aromatic rings. The predicted molar refractivity (Wildman–Crippen MR) is 153 cm³/mol. The summed E-state index contributed by atoms with van der Waals surface area (Å²) < 4.78 is 16.6. The third kappa shape index (κ3) is 8.54. The number of piperazine rings is 1. The third-order valence-electron chi connectivity index (χ3n) is 6.15. The van der Waals surface area contributed by atoms with E-state index in [1.165, 1.54) is 0 Å². The number of thiocarbonyl (C=S) groups is 1. The molecule has 0 aromatic heterocycles. The molecule has 0 saturated carbocycles. The average Bonchev–Trinajstić information content (AvgIpc) is 2.97. The first-order chi connectivity index (χ1) is 19.5. The minimum atomic E-state index is -0.875. The number of benzene rings is 3. The molecule has 9 nitrogen and oxygen atoms in total. The molecule has 0 spiro atoms. The number of rotatable bonds is 11. The number of carbonyl (C=O) groups is 3. The summed E-state index contributed by atoms with van der Waals surface area (Å²) in [4.78, 5) is 39.4. The number of para-hydroxylation sites is 1. The molecule has 0 aliphatic carbocycles. The molecule has 1 saturated heterocycles. The first kappa shape index (κ1) is 28.6. The first-order valence-electron chi connectivity index (χ1n) is 13.0. The molecule has 2 amide bonds. The van der Waals surface area contributed by atoms with E-state index in [0.717, 1.165) is 11.3 Å². The van der Waals surface area contributed by atoms with E-state index in [2.05, 4.69) is 10.6 Å². The zero-order valence-corrected chi connectivity index (χ0v) is 22.7. The SMILES string of the molecule is O=C(CC1C(=O)NCCN1C(=S)NC(=O)c1ccc(OCCOc2ccccc2)cc1)OCCc1ccccc1. The van der Waals surface area contributed by atoms with Gasteiger partial charge in [-0.05, 0) is 54.2 Å². The van der Waals surface area contributed by atoms with Crippen molar-refractivity contribution in [2.24, 2.45) is 0 Å². The number of hydrogen-bond acceptors (Lipinski definition) is 7. The van der Waals surface area contributed by atoms with Gasteiger partial charge in [0.05, 0.1) is 13.0 Å². The van der Waals surface area contributed by atoms with Crippen LogP contribution in [0.3, 0.4) is 0 Å². The van der Waals surface area contributed by atoms with Gasteiger partial charge in [0, 0.05) is 25.1 Å². The fourth-order valence-electron chi connectivity index (χ4n) is 4.08. The van der Waals surface area contributed by atoms with Gasteiger partial charge in [0.1, 0.15) is 30.8 Å². The molecule has 1 heterocycles. The molecule has 208 valence electrons. The lowest BCUT2D eigenvalue weighted by Crippen LogP contribution is -2.60.